The summed E-state index contributed by atoms with van der Waals surface area (Å²) in [6.45, 7) is -0.00227. The fraction of sp³-hybridized carbons (Fsp3) is 0.222. The Hall–Kier alpha value is -3.00. The molecular formula is C18H15F2O6-. The number of rotatable bonds is 8. The van der Waals surface area contributed by atoms with Crippen LogP contribution in [0.2, 0.25) is 0 Å². The van der Waals surface area contributed by atoms with Crippen molar-refractivity contribution in [3.8, 4) is 5.75 Å². The van der Waals surface area contributed by atoms with Gasteiger partial charge in [0.25, 0.3) is 0 Å². The Bertz CT molecular complexity index is 746. The lowest BCUT2D eigenvalue weighted by molar-refractivity contribution is -0.336. The van der Waals surface area contributed by atoms with Gasteiger partial charge in [-0.2, -0.15) is 8.78 Å². The van der Waals surface area contributed by atoms with Crippen molar-refractivity contribution < 1.29 is 37.7 Å². The first-order valence-corrected chi connectivity index (χ1v) is 7.43. The van der Waals surface area contributed by atoms with Gasteiger partial charge >= 0.3 is 11.9 Å². The Kier molecular flexibility index (Phi) is 6.24. The molecule has 2 aromatic carbocycles. The van der Waals surface area contributed by atoms with Crippen LogP contribution >= 0.6 is 0 Å². The number of hydrogen-bond donors (Lipinski definition) is 0. The molecule has 0 aliphatic carbocycles. The molecule has 0 bridgehead atoms. The molecule has 0 aliphatic rings. The molecule has 0 aromatic heterocycles. The fourth-order valence-electron chi connectivity index (χ4n) is 2.08. The molecule has 6 nitrogen and oxygen atoms in total. The van der Waals surface area contributed by atoms with Crippen LogP contribution in [-0.4, -0.2) is 31.8 Å². The van der Waals surface area contributed by atoms with Crippen molar-refractivity contribution in [2.45, 2.75) is 12.0 Å². The molecule has 0 aliphatic heterocycles. The van der Waals surface area contributed by atoms with Crippen molar-refractivity contribution >= 4 is 11.9 Å². The van der Waals surface area contributed by atoms with Crippen LogP contribution in [0, 0.1) is 0 Å². The van der Waals surface area contributed by atoms with Crippen LogP contribution in [0.4, 0.5) is 8.78 Å². The van der Waals surface area contributed by atoms with Crippen LogP contribution in [0.5, 0.6) is 5.75 Å². The second kappa shape index (κ2) is 8.39. The summed E-state index contributed by atoms with van der Waals surface area (Å²) in [5, 5.41) is 10.8. The maximum atomic E-state index is 14.0. The minimum atomic E-state index is -4.40. The van der Waals surface area contributed by atoms with Gasteiger partial charge in [-0.25, -0.2) is 4.79 Å². The number of hydrogen-bond acceptors (Lipinski definition) is 6. The van der Waals surface area contributed by atoms with Crippen LogP contribution in [0.3, 0.4) is 0 Å². The standard InChI is InChI=1S/C18H16F2O6/c1-24-11-25-14-9-7-13(8-10-14)16(21)26-15(18(19,20)17(22)23)12-5-3-2-4-6-12/h2-10,15H,11H2,1H3,(H,22,23)/p-1. The average molecular weight is 365 g/mol. The normalized spacial score (nSPS) is 12.3. The van der Waals surface area contributed by atoms with E-state index in [2.05, 4.69) is 0 Å². The van der Waals surface area contributed by atoms with E-state index in [0.29, 0.717) is 5.75 Å². The van der Waals surface area contributed by atoms with Crippen molar-refractivity contribution in [1.29, 1.82) is 0 Å². The van der Waals surface area contributed by atoms with Gasteiger partial charge in [0.2, 0.25) is 0 Å². The topological polar surface area (TPSA) is 84.9 Å². The molecule has 0 radical (unpaired) electrons. The number of carbonyl (C=O) groups is 2. The quantitative estimate of drug-likeness (QED) is 0.525. The zero-order chi connectivity index (χ0) is 19.2. The van der Waals surface area contributed by atoms with Gasteiger partial charge in [-0.3, -0.25) is 0 Å². The van der Waals surface area contributed by atoms with Crippen LogP contribution in [0.25, 0.3) is 0 Å². The van der Waals surface area contributed by atoms with E-state index >= 15 is 0 Å². The van der Waals surface area contributed by atoms with Gasteiger partial charge in [-0.1, -0.05) is 30.3 Å². The first-order chi connectivity index (χ1) is 12.4. The molecule has 0 saturated carbocycles. The molecule has 0 spiro atoms. The Balaban J connectivity index is 2.22. The SMILES string of the molecule is COCOc1ccc(C(=O)OC(c2ccccc2)C(F)(F)C(=O)[O-])cc1. The van der Waals surface area contributed by atoms with Gasteiger partial charge in [0.1, 0.15) is 11.7 Å². The number of carbonyl (C=O) groups excluding carboxylic acids is 2. The molecule has 0 heterocycles. The molecule has 8 heteroatoms. The fourth-order valence-corrected chi connectivity index (χ4v) is 2.08. The van der Waals surface area contributed by atoms with Crippen LogP contribution in [-0.2, 0) is 14.3 Å². The van der Waals surface area contributed by atoms with Crippen molar-refractivity contribution in [3.63, 3.8) is 0 Å². The van der Waals surface area contributed by atoms with Gasteiger partial charge in [0, 0.05) is 7.11 Å². The maximum Gasteiger partial charge on any atom is 0.338 e. The number of alkyl halides is 2. The van der Waals surface area contributed by atoms with Gasteiger partial charge in [-0.05, 0) is 29.8 Å². The van der Waals surface area contributed by atoms with E-state index in [1.807, 2.05) is 0 Å². The number of halogens is 2. The summed E-state index contributed by atoms with van der Waals surface area (Å²) in [4.78, 5) is 23.0. The summed E-state index contributed by atoms with van der Waals surface area (Å²) in [7, 11) is 1.44. The van der Waals surface area contributed by atoms with E-state index in [0.717, 1.165) is 0 Å². The lowest BCUT2D eigenvalue weighted by atomic mass is 10.0. The second-order valence-corrected chi connectivity index (χ2v) is 5.18. The van der Waals surface area contributed by atoms with Crippen LogP contribution in [0.1, 0.15) is 22.0 Å². The Morgan fingerprint density at radius 3 is 2.23 bits per heavy atom. The zero-order valence-corrected chi connectivity index (χ0v) is 13.7. The van der Waals surface area contributed by atoms with Gasteiger partial charge in [-0.15, -0.1) is 0 Å². The van der Waals surface area contributed by atoms with Gasteiger partial charge in [0.05, 0.1) is 5.56 Å². The number of ether oxygens (including phenoxy) is 3. The molecule has 0 saturated heterocycles. The molecule has 1 atom stereocenters. The predicted molar refractivity (Wildman–Crippen MR) is 83.5 cm³/mol. The molecular weight excluding hydrogens is 350 g/mol. The highest BCUT2D eigenvalue weighted by Crippen LogP contribution is 2.35. The lowest BCUT2D eigenvalue weighted by Gasteiger charge is -2.27. The molecule has 0 N–H and O–H groups in total. The van der Waals surface area contributed by atoms with E-state index in [4.69, 9.17) is 14.2 Å². The third-order valence-electron chi connectivity index (χ3n) is 3.36. The van der Waals surface area contributed by atoms with Gasteiger partial charge in [0.15, 0.2) is 12.9 Å². The Morgan fingerprint density at radius 2 is 1.69 bits per heavy atom. The Labute approximate surface area is 147 Å². The molecule has 0 fully saturated rings. The largest absolute Gasteiger partial charge is 0.544 e. The van der Waals surface area contributed by atoms with E-state index in [9.17, 15) is 23.5 Å². The highest BCUT2D eigenvalue weighted by molar-refractivity contribution is 5.90. The predicted octanol–water partition coefficient (Wildman–Crippen LogP) is 1.95. The van der Waals surface area contributed by atoms with E-state index in [1.165, 1.54) is 55.6 Å². The average Bonchev–Trinajstić information content (AvgIpc) is 2.65. The van der Waals surface area contributed by atoms with Crippen molar-refractivity contribution in [1.82, 2.24) is 0 Å². The summed E-state index contributed by atoms with van der Waals surface area (Å²) in [5.74, 6) is -7.76. The number of benzene rings is 2. The molecule has 2 aromatic rings. The molecule has 138 valence electrons. The molecule has 0 amide bonds. The second-order valence-electron chi connectivity index (χ2n) is 5.18. The van der Waals surface area contributed by atoms with Crippen molar-refractivity contribution in [3.05, 3.63) is 65.7 Å². The molecule has 26 heavy (non-hydrogen) atoms. The Morgan fingerprint density at radius 1 is 1.08 bits per heavy atom. The third-order valence-corrected chi connectivity index (χ3v) is 3.36. The van der Waals surface area contributed by atoms with Crippen LogP contribution in [0.15, 0.2) is 54.6 Å². The number of esters is 1. The van der Waals surface area contributed by atoms with E-state index in [1.54, 1.807) is 6.07 Å². The van der Waals surface area contributed by atoms with E-state index in [-0.39, 0.29) is 17.9 Å². The van der Waals surface area contributed by atoms with E-state index < -0.39 is 24.0 Å². The minimum Gasteiger partial charge on any atom is -0.544 e. The lowest BCUT2D eigenvalue weighted by Crippen LogP contribution is -2.47. The zero-order valence-electron chi connectivity index (χ0n) is 13.7. The highest BCUT2D eigenvalue weighted by atomic mass is 19.3. The number of methoxy groups -OCH3 is 1. The summed E-state index contributed by atoms with van der Waals surface area (Å²) in [6.07, 6.45) is -2.33. The third kappa shape index (κ3) is 4.54. The minimum absolute atomic E-state index is 0.00227. The number of carboxylic acid groups (broad SMARTS) is 1. The van der Waals surface area contributed by atoms with Gasteiger partial charge < -0.3 is 24.1 Å². The number of aliphatic carboxylic acids is 1. The van der Waals surface area contributed by atoms with Crippen molar-refractivity contribution in [2.75, 3.05) is 13.9 Å². The summed E-state index contributed by atoms with van der Waals surface area (Å²) in [6, 6.07) is 12.3. The first-order valence-electron chi connectivity index (χ1n) is 7.43. The number of carboxylic acids is 1. The van der Waals surface area contributed by atoms with Crippen molar-refractivity contribution in [2.24, 2.45) is 0 Å². The molecule has 2 rings (SSSR count). The monoisotopic (exact) mass is 365 g/mol. The summed E-state index contributed by atoms with van der Waals surface area (Å²) < 4.78 is 42.7. The van der Waals surface area contributed by atoms with Crippen LogP contribution < -0.4 is 9.84 Å². The molecule has 1 unspecified atom stereocenters. The summed E-state index contributed by atoms with van der Waals surface area (Å²) in [5.41, 5.74) is -0.222. The smallest absolute Gasteiger partial charge is 0.338 e. The maximum absolute atomic E-state index is 14.0. The first kappa shape index (κ1) is 19.3. The highest BCUT2D eigenvalue weighted by Gasteiger charge is 2.45. The summed E-state index contributed by atoms with van der Waals surface area (Å²) >= 11 is 0.